The lowest BCUT2D eigenvalue weighted by Gasteiger charge is -2.09. The summed E-state index contributed by atoms with van der Waals surface area (Å²) in [4.78, 5) is 5.70. The molecule has 0 fully saturated rings. The molecule has 0 aromatic heterocycles. The van der Waals surface area contributed by atoms with E-state index >= 15 is 0 Å². The maximum atomic E-state index is 4.36. The van der Waals surface area contributed by atoms with Gasteiger partial charge in [0.25, 0.3) is 0 Å². The van der Waals surface area contributed by atoms with Gasteiger partial charge in [-0.25, -0.2) is 0 Å². The first-order chi connectivity index (χ1) is 10.9. The van der Waals surface area contributed by atoms with Gasteiger partial charge in [-0.05, 0) is 40.8 Å². The van der Waals surface area contributed by atoms with Crippen molar-refractivity contribution >= 4 is 40.5 Å². The highest BCUT2D eigenvalue weighted by atomic mass is 32.2. The fourth-order valence-electron chi connectivity index (χ4n) is 2.96. The molecule has 106 valence electrons. The Labute approximate surface area is 134 Å². The molecule has 0 N–H and O–H groups in total. The van der Waals surface area contributed by atoms with Crippen molar-refractivity contribution in [3.05, 3.63) is 77.9 Å². The maximum Gasteiger partial charge on any atom is 0.0741 e. The van der Waals surface area contributed by atoms with Crippen LogP contribution in [0.3, 0.4) is 0 Å². The Morgan fingerprint density at radius 3 is 2.55 bits per heavy atom. The first-order valence-corrected chi connectivity index (χ1v) is 8.26. The highest BCUT2D eigenvalue weighted by Gasteiger charge is 2.20. The summed E-state index contributed by atoms with van der Waals surface area (Å²) >= 11 is 1.87. The van der Waals surface area contributed by atoms with Crippen molar-refractivity contribution in [1.29, 1.82) is 0 Å². The predicted octanol–water partition coefficient (Wildman–Crippen LogP) is 5.51. The molecule has 2 heteroatoms. The maximum absolute atomic E-state index is 4.36. The Hall–Kier alpha value is -2.32. The molecule has 1 aliphatic heterocycles. The van der Waals surface area contributed by atoms with Crippen LogP contribution in [0.25, 0.3) is 22.0 Å². The van der Waals surface area contributed by atoms with Crippen LogP contribution in [0.1, 0.15) is 11.1 Å². The molecule has 22 heavy (non-hydrogen) atoms. The van der Waals surface area contributed by atoms with E-state index < -0.39 is 0 Å². The van der Waals surface area contributed by atoms with Crippen LogP contribution in [0.15, 0.2) is 76.6 Å². The van der Waals surface area contributed by atoms with Crippen molar-refractivity contribution in [3.8, 4) is 0 Å². The van der Waals surface area contributed by atoms with E-state index in [4.69, 9.17) is 0 Å². The first-order valence-electron chi connectivity index (χ1n) is 7.28. The van der Waals surface area contributed by atoms with Gasteiger partial charge in [0.05, 0.1) is 5.70 Å². The van der Waals surface area contributed by atoms with Gasteiger partial charge in [0, 0.05) is 16.2 Å². The zero-order valence-electron chi connectivity index (χ0n) is 12.1. The summed E-state index contributed by atoms with van der Waals surface area (Å²) in [5, 5.41) is 2.49. The molecule has 3 aromatic carbocycles. The third kappa shape index (κ3) is 2.16. The fraction of sp³-hybridized carbons (Fsp3) is 0.0500. The minimum absolute atomic E-state index is 0.959. The lowest BCUT2D eigenvalue weighted by atomic mass is 9.99. The Kier molecular flexibility index (Phi) is 3.32. The molecule has 0 amide bonds. The molecule has 4 rings (SSSR count). The smallest absolute Gasteiger partial charge is 0.0741 e. The number of aliphatic imine (C=N–C) groups is 1. The highest BCUT2D eigenvalue weighted by Crippen LogP contribution is 2.42. The summed E-state index contributed by atoms with van der Waals surface area (Å²) in [6, 6.07) is 23.4. The molecular weight excluding hydrogens is 286 g/mol. The molecule has 0 bridgehead atoms. The third-order valence-electron chi connectivity index (χ3n) is 4.05. The lowest BCUT2D eigenvalue weighted by molar-refractivity contribution is 1.42. The molecule has 0 atom stereocenters. The quantitative estimate of drug-likeness (QED) is 0.568. The van der Waals surface area contributed by atoms with E-state index in [1.165, 1.54) is 26.8 Å². The van der Waals surface area contributed by atoms with Crippen molar-refractivity contribution in [3.63, 3.8) is 0 Å². The summed E-state index contributed by atoms with van der Waals surface area (Å²) in [6.45, 7) is 3.82. The summed E-state index contributed by atoms with van der Waals surface area (Å²) in [6.07, 6.45) is 0. The lowest BCUT2D eigenvalue weighted by Crippen LogP contribution is -1.90. The van der Waals surface area contributed by atoms with Gasteiger partial charge in [0.1, 0.15) is 0 Å². The van der Waals surface area contributed by atoms with Gasteiger partial charge in [-0.15, -0.1) is 11.8 Å². The molecule has 3 aromatic rings. The second kappa shape index (κ2) is 5.47. The molecule has 1 heterocycles. The molecule has 0 saturated carbocycles. The van der Waals surface area contributed by atoms with Crippen LogP contribution in [-0.4, -0.2) is 12.5 Å². The Bertz CT molecular complexity index is 908. The SMILES string of the molecule is C=N/C(=C1\CSc2ccccc21)c1ccc2ccccc2c1. The Morgan fingerprint density at radius 2 is 1.68 bits per heavy atom. The van der Waals surface area contributed by atoms with Gasteiger partial charge in [0.15, 0.2) is 0 Å². The minimum Gasteiger partial charge on any atom is -0.264 e. The van der Waals surface area contributed by atoms with Crippen LogP contribution < -0.4 is 0 Å². The number of fused-ring (bicyclic) bond motifs is 2. The van der Waals surface area contributed by atoms with Crippen LogP contribution in [0, 0.1) is 0 Å². The van der Waals surface area contributed by atoms with Crippen molar-refractivity contribution in [2.45, 2.75) is 4.90 Å². The normalized spacial score (nSPS) is 15.6. The van der Waals surface area contributed by atoms with Gasteiger partial charge in [-0.3, -0.25) is 4.99 Å². The third-order valence-corrected chi connectivity index (χ3v) is 5.15. The minimum atomic E-state index is 0.959. The largest absolute Gasteiger partial charge is 0.264 e. The van der Waals surface area contributed by atoms with Crippen molar-refractivity contribution in [2.75, 3.05) is 5.75 Å². The number of hydrogen-bond acceptors (Lipinski definition) is 2. The number of rotatable bonds is 2. The molecule has 0 aliphatic carbocycles. The van der Waals surface area contributed by atoms with E-state index in [-0.39, 0.29) is 0 Å². The number of hydrogen-bond donors (Lipinski definition) is 0. The second-order valence-corrected chi connectivity index (χ2v) is 6.35. The van der Waals surface area contributed by atoms with Gasteiger partial charge >= 0.3 is 0 Å². The summed E-state index contributed by atoms with van der Waals surface area (Å²) < 4.78 is 0. The molecule has 0 radical (unpaired) electrons. The van der Waals surface area contributed by atoms with Gasteiger partial charge < -0.3 is 0 Å². The van der Waals surface area contributed by atoms with Gasteiger partial charge in [0.2, 0.25) is 0 Å². The zero-order valence-corrected chi connectivity index (χ0v) is 12.9. The topological polar surface area (TPSA) is 12.4 Å². The van der Waals surface area contributed by atoms with E-state index in [1.807, 2.05) is 11.8 Å². The van der Waals surface area contributed by atoms with E-state index in [2.05, 4.69) is 78.4 Å². The Morgan fingerprint density at radius 1 is 0.909 bits per heavy atom. The predicted molar refractivity (Wildman–Crippen MR) is 97.5 cm³/mol. The van der Waals surface area contributed by atoms with Crippen molar-refractivity contribution in [2.24, 2.45) is 4.99 Å². The van der Waals surface area contributed by atoms with Crippen molar-refractivity contribution < 1.29 is 0 Å². The van der Waals surface area contributed by atoms with Crippen LogP contribution in [0.2, 0.25) is 0 Å². The summed E-state index contributed by atoms with van der Waals surface area (Å²) in [5.41, 5.74) is 4.72. The zero-order chi connectivity index (χ0) is 14.9. The van der Waals surface area contributed by atoms with Crippen LogP contribution in [0.4, 0.5) is 0 Å². The van der Waals surface area contributed by atoms with E-state index in [0.29, 0.717) is 0 Å². The number of benzene rings is 3. The molecule has 0 saturated heterocycles. The Balaban J connectivity index is 1.91. The van der Waals surface area contributed by atoms with Gasteiger partial charge in [-0.2, -0.15) is 0 Å². The summed E-state index contributed by atoms with van der Waals surface area (Å²) in [5.74, 6) is 0.959. The number of thioether (sulfide) groups is 1. The van der Waals surface area contributed by atoms with Crippen LogP contribution in [0.5, 0.6) is 0 Å². The average molecular weight is 301 g/mol. The number of nitrogens with zero attached hydrogens (tertiary/aromatic N) is 1. The molecular formula is C20H15NS. The monoisotopic (exact) mass is 301 g/mol. The van der Waals surface area contributed by atoms with E-state index in [0.717, 1.165) is 17.0 Å². The molecule has 1 aliphatic rings. The van der Waals surface area contributed by atoms with Gasteiger partial charge in [-0.1, -0.05) is 54.6 Å². The van der Waals surface area contributed by atoms with E-state index in [1.54, 1.807) is 0 Å². The van der Waals surface area contributed by atoms with E-state index in [9.17, 15) is 0 Å². The second-order valence-electron chi connectivity index (χ2n) is 5.33. The molecule has 0 unspecified atom stereocenters. The molecule has 0 spiro atoms. The molecule has 1 nitrogen and oxygen atoms in total. The fourth-order valence-corrected chi connectivity index (χ4v) is 4.08. The first kappa shape index (κ1) is 13.4. The average Bonchev–Trinajstić information content (AvgIpc) is 3.00. The standard InChI is InChI=1S/C20H15NS/c1-21-20(18-13-22-19-9-5-4-8-17(18)19)16-11-10-14-6-2-3-7-15(14)12-16/h2-12H,1,13H2/b20-18+. The highest BCUT2D eigenvalue weighted by molar-refractivity contribution is 8.00. The summed E-state index contributed by atoms with van der Waals surface area (Å²) in [7, 11) is 0. The van der Waals surface area contributed by atoms with Crippen LogP contribution >= 0.6 is 11.8 Å². The van der Waals surface area contributed by atoms with Crippen molar-refractivity contribution in [1.82, 2.24) is 0 Å². The van der Waals surface area contributed by atoms with Crippen LogP contribution in [-0.2, 0) is 0 Å².